The number of hydrogen-bond acceptors (Lipinski definition) is 4. The number of fused-ring (bicyclic) bond motifs is 1. The zero-order valence-corrected chi connectivity index (χ0v) is 16.3. The smallest absolute Gasteiger partial charge is 0.271 e. The van der Waals surface area contributed by atoms with Crippen molar-refractivity contribution in [3.05, 3.63) is 95.1 Å². The van der Waals surface area contributed by atoms with Crippen LogP contribution in [0.3, 0.4) is 0 Å². The molecule has 0 saturated heterocycles. The summed E-state index contributed by atoms with van der Waals surface area (Å²) in [7, 11) is 0. The van der Waals surface area contributed by atoms with Gasteiger partial charge < -0.3 is 9.64 Å². The average Bonchev–Trinajstić information content (AvgIpc) is 3.19. The van der Waals surface area contributed by atoms with E-state index in [4.69, 9.17) is 4.74 Å². The maximum absolute atomic E-state index is 12.3. The summed E-state index contributed by atoms with van der Waals surface area (Å²) in [6, 6.07) is 23.7. The number of rotatable bonds is 6. The Bertz CT molecular complexity index is 986. The predicted octanol–water partition coefficient (Wildman–Crippen LogP) is 4.37. The van der Waals surface area contributed by atoms with Crippen LogP contribution >= 0.6 is 0 Å². The fourth-order valence-corrected chi connectivity index (χ4v) is 3.39. The van der Waals surface area contributed by atoms with E-state index in [1.165, 1.54) is 11.1 Å². The van der Waals surface area contributed by atoms with Crippen LogP contribution in [-0.4, -0.2) is 18.7 Å². The number of nitrogens with one attached hydrogen (secondary N) is 1. The van der Waals surface area contributed by atoms with Crippen LogP contribution in [0, 0.1) is 0 Å². The number of nitrogens with zero attached hydrogens (tertiary/aromatic N) is 2. The van der Waals surface area contributed by atoms with Crippen LogP contribution in [0.5, 0.6) is 5.75 Å². The molecule has 3 aromatic rings. The zero-order valence-electron chi connectivity index (χ0n) is 16.3. The van der Waals surface area contributed by atoms with Crippen LogP contribution in [0.2, 0.25) is 0 Å². The monoisotopic (exact) mass is 385 g/mol. The maximum atomic E-state index is 12.3. The summed E-state index contributed by atoms with van der Waals surface area (Å²) >= 11 is 0. The van der Waals surface area contributed by atoms with Crippen molar-refractivity contribution >= 4 is 17.8 Å². The minimum absolute atomic E-state index is 0.233. The first-order chi connectivity index (χ1) is 14.2. The molecule has 1 aliphatic rings. The van der Waals surface area contributed by atoms with E-state index in [1.54, 1.807) is 6.21 Å². The van der Waals surface area contributed by atoms with Crippen molar-refractivity contribution in [3.63, 3.8) is 0 Å². The molecule has 0 aromatic heterocycles. The largest absolute Gasteiger partial charge is 0.494 e. The fourth-order valence-electron chi connectivity index (χ4n) is 3.39. The second kappa shape index (κ2) is 8.61. The lowest BCUT2D eigenvalue weighted by molar-refractivity contribution is 0.0955. The lowest BCUT2D eigenvalue weighted by Gasteiger charge is -2.17. The highest BCUT2D eigenvalue weighted by Crippen LogP contribution is 2.28. The molecule has 0 aliphatic carbocycles. The SMILES string of the molecule is CCOc1ccc(/C=N\NC(=O)c2ccc(N3Cc4ccccc4C3)cc2)cc1. The third-order valence-corrected chi connectivity index (χ3v) is 4.91. The van der Waals surface area contributed by atoms with Gasteiger partial charge in [-0.25, -0.2) is 5.43 Å². The topological polar surface area (TPSA) is 53.9 Å². The summed E-state index contributed by atoms with van der Waals surface area (Å²) in [4.78, 5) is 14.6. The molecule has 1 N–H and O–H groups in total. The quantitative estimate of drug-likeness (QED) is 0.506. The number of hydrazone groups is 1. The first-order valence-corrected chi connectivity index (χ1v) is 9.71. The highest BCUT2D eigenvalue weighted by atomic mass is 16.5. The van der Waals surface area contributed by atoms with E-state index in [0.717, 1.165) is 30.1 Å². The average molecular weight is 385 g/mol. The second-order valence-corrected chi connectivity index (χ2v) is 6.87. The summed E-state index contributed by atoms with van der Waals surface area (Å²) in [5.41, 5.74) is 7.87. The Kier molecular flexibility index (Phi) is 5.56. The molecule has 4 rings (SSSR count). The van der Waals surface area contributed by atoms with Crippen molar-refractivity contribution in [2.24, 2.45) is 5.10 Å². The van der Waals surface area contributed by atoms with E-state index in [9.17, 15) is 4.79 Å². The van der Waals surface area contributed by atoms with Crippen LogP contribution in [0.25, 0.3) is 0 Å². The van der Waals surface area contributed by atoms with E-state index in [1.807, 2.05) is 55.5 Å². The molecule has 0 atom stereocenters. The predicted molar refractivity (Wildman–Crippen MR) is 115 cm³/mol. The number of anilines is 1. The van der Waals surface area contributed by atoms with Gasteiger partial charge in [0.15, 0.2) is 0 Å². The molecule has 0 radical (unpaired) electrons. The van der Waals surface area contributed by atoms with Gasteiger partial charge in [-0.15, -0.1) is 0 Å². The molecule has 1 amide bonds. The molecular weight excluding hydrogens is 362 g/mol. The molecule has 0 unspecified atom stereocenters. The minimum Gasteiger partial charge on any atom is -0.494 e. The molecular formula is C24H23N3O2. The third-order valence-electron chi connectivity index (χ3n) is 4.91. The third kappa shape index (κ3) is 4.46. The Morgan fingerprint density at radius 1 is 1.00 bits per heavy atom. The summed E-state index contributed by atoms with van der Waals surface area (Å²) < 4.78 is 5.41. The Morgan fingerprint density at radius 2 is 1.66 bits per heavy atom. The Balaban J connectivity index is 1.34. The molecule has 3 aromatic carbocycles. The van der Waals surface area contributed by atoms with Gasteiger partial charge in [-0.1, -0.05) is 24.3 Å². The van der Waals surface area contributed by atoms with Crippen molar-refractivity contribution in [1.29, 1.82) is 0 Å². The van der Waals surface area contributed by atoms with E-state index in [0.29, 0.717) is 12.2 Å². The standard InChI is InChI=1S/C24H23N3O2/c1-2-29-23-13-7-18(8-14-23)15-25-26-24(28)19-9-11-22(12-10-19)27-16-20-5-3-4-6-21(20)17-27/h3-15H,2,16-17H2,1H3,(H,26,28)/b25-15-. The van der Waals surface area contributed by atoms with Crippen molar-refractivity contribution in [1.82, 2.24) is 5.43 Å². The molecule has 0 bridgehead atoms. The number of benzene rings is 3. The lowest BCUT2D eigenvalue weighted by atomic mass is 10.1. The lowest BCUT2D eigenvalue weighted by Crippen LogP contribution is -2.18. The summed E-state index contributed by atoms with van der Waals surface area (Å²) in [5.74, 6) is 0.582. The first kappa shape index (κ1) is 18.7. The molecule has 29 heavy (non-hydrogen) atoms. The first-order valence-electron chi connectivity index (χ1n) is 9.71. The van der Waals surface area contributed by atoms with Gasteiger partial charge in [-0.3, -0.25) is 4.79 Å². The van der Waals surface area contributed by atoms with E-state index in [-0.39, 0.29) is 5.91 Å². The summed E-state index contributed by atoms with van der Waals surface area (Å²) in [5, 5.41) is 4.04. The van der Waals surface area contributed by atoms with Crippen LogP contribution in [0.15, 0.2) is 77.9 Å². The van der Waals surface area contributed by atoms with Gasteiger partial charge in [0.05, 0.1) is 12.8 Å². The number of hydrogen-bond donors (Lipinski definition) is 1. The molecule has 146 valence electrons. The van der Waals surface area contributed by atoms with Crippen LogP contribution in [0.4, 0.5) is 5.69 Å². The molecule has 5 heteroatoms. The van der Waals surface area contributed by atoms with E-state index < -0.39 is 0 Å². The highest BCUT2D eigenvalue weighted by Gasteiger charge is 2.18. The number of carbonyl (C=O) groups excluding carboxylic acids is 1. The Morgan fingerprint density at radius 3 is 2.28 bits per heavy atom. The molecule has 1 heterocycles. The number of carbonyl (C=O) groups is 1. The van der Waals surface area contributed by atoms with Gasteiger partial charge in [0.25, 0.3) is 5.91 Å². The van der Waals surface area contributed by atoms with Crippen LogP contribution < -0.4 is 15.1 Å². The second-order valence-electron chi connectivity index (χ2n) is 6.87. The maximum Gasteiger partial charge on any atom is 0.271 e. The normalized spacial score (nSPS) is 12.8. The number of ether oxygens (including phenoxy) is 1. The van der Waals surface area contributed by atoms with Gasteiger partial charge in [-0.2, -0.15) is 5.10 Å². The van der Waals surface area contributed by atoms with Gasteiger partial charge in [0.1, 0.15) is 5.75 Å². The van der Waals surface area contributed by atoms with Crippen molar-refractivity contribution < 1.29 is 9.53 Å². The van der Waals surface area contributed by atoms with Crippen LogP contribution in [-0.2, 0) is 13.1 Å². The van der Waals surface area contributed by atoms with Gasteiger partial charge in [0, 0.05) is 24.3 Å². The molecule has 1 aliphatic heterocycles. The number of amides is 1. The molecule has 0 spiro atoms. The van der Waals surface area contributed by atoms with Crippen molar-refractivity contribution in [3.8, 4) is 5.75 Å². The summed E-state index contributed by atoms with van der Waals surface area (Å²) in [6.07, 6.45) is 1.61. The molecule has 0 fully saturated rings. The minimum atomic E-state index is -0.233. The van der Waals surface area contributed by atoms with Gasteiger partial charge in [0.2, 0.25) is 0 Å². The van der Waals surface area contributed by atoms with E-state index in [2.05, 4.69) is 39.7 Å². The van der Waals surface area contributed by atoms with Crippen molar-refractivity contribution in [2.75, 3.05) is 11.5 Å². The Labute approximate surface area is 170 Å². The van der Waals surface area contributed by atoms with Gasteiger partial charge >= 0.3 is 0 Å². The van der Waals surface area contributed by atoms with E-state index >= 15 is 0 Å². The molecule has 0 saturated carbocycles. The zero-order chi connectivity index (χ0) is 20.1. The van der Waals surface area contributed by atoms with Crippen molar-refractivity contribution in [2.45, 2.75) is 20.0 Å². The Hall–Kier alpha value is -3.60. The van der Waals surface area contributed by atoms with Crippen LogP contribution in [0.1, 0.15) is 34.0 Å². The fraction of sp³-hybridized carbons (Fsp3) is 0.167. The summed E-state index contributed by atoms with van der Waals surface area (Å²) in [6.45, 7) is 4.37. The molecule has 5 nitrogen and oxygen atoms in total. The van der Waals surface area contributed by atoms with Gasteiger partial charge in [-0.05, 0) is 72.1 Å². The highest BCUT2D eigenvalue weighted by molar-refractivity contribution is 5.95.